The van der Waals surface area contributed by atoms with E-state index in [0.717, 1.165) is 5.56 Å². The fourth-order valence-corrected chi connectivity index (χ4v) is 1.36. The average molecular weight is 237 g/mol. The molecule has 1 rings (SSSR count). The maximum Gasteiger partial charge on any atom is 0.260 e. The van der Waals surface area contributed by atoms with Gasteiger partial charge < -0.3 is 11.1 Å². The smallest absolute Gasteiger partial charge is 0.260 e. The minimum absolute atomic E-state index is 0.144. The summed E-state index contributed by atoms with van der Waals surface area (Å²) in [5, 5.41) is 11.0. The Balaban J connectivity index is 2.62. The zero-order valence-electron chi connectivity index (χ0n) is 9.43. The molecule has 5 N–H and O–H groups in total. The molecule has 0 radical (unpaired) electrons. The molecule has 0 aliphatic heterocycles. The summed E-state index contributed by atoms with van der Waals surface area (Å²) < 4.78 is 0. The number of nitrogens with one attached hydrogen (secondary N) is 2. The number of benzene rings is 1. The van der Waals surface area contributed by atoms with E-state index in [1.807, 2.05) is 0 Å². The average Bonchev–Trinajstić information content (AvgIpc) is 2.30. The first-order chi connectivity index (χ1) is 8.02. The third kappa shape index (κ3) is 4.21. The third-order valence-electron chi connectivity index (χ3n) is 2.18. The summed E-state index contributed by atoms with van der Waals surface area (Å²) in [5.41, 5.74) is 8.56. The second kappa shape index (κ2) is 5.97. The SMILES string of the molecule is CC(=O)Nc1ccc(C[C@H](N)C(=O)NO)cc1. The van der Waals surface area contributed by atoms with Crippen molar-refractivity contribution in [3.63, 3.8) is 0 Å². The largest absolute Gasteiger partial charge is 0.326 e. The van der Waals surface area contributed by atoms with Gasteiger partial charge >= 0.3 is 0 Å². The highest BCUT2D eigenvalue weighted by atomic mass is 16.5. The molecule has 6 nitrogen and oxygen atoms in total. The van der Waals surface area contributed by atoms with Crippen LogP contribution >= 0.6 is 0 Å². The fourth-order valence-electron chi connectivity index (χ4n) is 1.36. The van der Waals surface area contributed by atoms with Gasteiger partial charge in [-0.1, -0.05) is 12.1 Å². The summed E-state index contributed by atoms with van der Waals surface area (Å²) in [5.74, 6) is -0.773. The standard InChI is InChI=1S/C11H15N3O3/c1-7(15)13-9-4-2-8(3-5-9)6-10(12)11(16)14-17/h2-5,10,17H,6,12H2,1H3,(H,13,15)(H,14,16)/t10-/m0/s1. The molecule has 0 aliphatic rings. The highest BCUT2D eigenvalue weighted by molar-refractivity contribution is 5.88. The van der Waals surface area contributed by atoms with E-state index < -0.39 is 11.9 Å². The Bertz CT molecular complexity index is 403. The molecule has 2 amide bonds. The summed E-state index contributed by atoms with van der Waals surface area (Å²) in [4.78, 5) is 21.8. The van der Waals surface area contributed by atoms with Crippen LogP contribution in [0.5, 0.6) is 0 Å². The van der Waals surface area contributed by atoms with Crippen LogP contribution in [0.2, 0.25) is 0 Å². The molecule has 0 unspecified atom stereocenters. The maximum absolute atomic E-state index is 11.0. The van der Waals surface area contributed by atoms with Gasteiger partial charge in [0.15, 0.2) is 0 Å². The number of anilines is 1. The van der Waals surface area contributed by atoms with Crippen molar-refractivity contribution < 1.29 is 14.8 Å². The Morgan fingerprint density at radius 3 is 2.41 bits per heavy atom. The molecular formula is C11H15N3O3. The van der Waals surface area contributed by atoms with Gasteiger partial charge in [-0.3, -0.25) is 14.8 Å². The van der Waals surface area contributed by atoms with Crippen molar-refractivity contribution in [2.45, 2.75) is 19.4 Å². The minimum Gasteiger partial charge on any atom is -0.326 e. The lowest BCUT2D eigenvalue weighted by Crippen LogP contribution is -2.40. The lowest BCUT2D eigenvalue weighted by atomic mass is 10.1. The highest BCUT2D eigenvalue weighted by Gasteiger charge is 2.12. The van der Waals surface area contributed by atoms with Crippen molar-refractivity contribution in [3.05, 3.63) is 29.8 Å². The van der Waals surface area contributed by atoms with Crippen LogP contribution in [0.15, 0.2) is 24.3 Å². The van der Waals surface area contributed by atoms with Crippen molar-refractivity contribution in [1.29, 1.82) is 0 Å². The number of carbonyl (C=O) groups is 2. The Morgan fingerprint density at radius 1 is 1.35 bits per heavy atom. The molecule has 0 aliphatic carbocycles. The van der Waals surface area contributed by atoms with Crippen LogP contribution in [-0.4, -0.2) is 23.1 Å². The Morgan fingerprint density at radius 2 is 1.94 bits per heavy atom. The van der Waals surface area contributed by atoms with E-state index in [1.165, 1.54) is 12.4 Å². The van der Waals surface area contributed by atoms with Gasteiger partial charge in [0.25, 0.3) is 5.91 Å². The highest BCUT2D eigenvalue weighted by Crippen LogP contribution is 2.10. The van der Waals surface area contributed by atoms with Crippen LogP contribution in [-0.2, 0) is 16.0 Å². The molecular weight excluding hydrogens is 222 g/mol. The first-order valence-corrected chi connectivity index (χ1v) is 5.09. The Labute approximate surface area is 98.8 Å². The zero-order chi connectivity index (χ0) is 12.8. The van der Waals surface area contributed by atoms with Crippen molar-refractivity contribution in [3.8, 4) is 0 Å². The lowest BCUT2D eigenvalue weighted by molar-refractivity contribution is -0.130. The molecule has 0 spiro atoms. The molecule has 0 heterocycles. The van der Waals surface area contributed by atoms with Gasteiger partial charge in [0, 0.05) is 12.6 Å². The van der Waals surface area contributed by atoms with E-state index in [0.29, 0.717) is 12.1 Å². The van der Waals surface area contributed by atoms with Gasteiger partial charge in [0.05, 0.1) is 6.04 Å². The second-order valence-corrected chi connectivity index (χ2v) is 3.66. The number of carbonyl (C=O) groups excluding carboxylic acids is 2. The van der Waals surface area contributed by atoms with Gasteiger partial charge in [-0.2, -0.15) is 0 Å². The molecule has 0 aromatic heterocycles. The summed E-state index contributed by atoms with van der Waals surface area (Å²) >= 11 is 0. The third-order valence-corrected chi connectivity index (χ3v) is 2.18. The predicted molar refractivity (Wildman–Crippen MR) is 62.4 cm³/mol. The number of amides is 2. The number of nitrogens with two attached hydrogens (primary N) is 1. The monoisotopic (exact) mass is 237 g/mol. The van der Waals surface area contributed by atoms with Crippen LogP contribution in [0.4, 0.5) is 5.69 Å². The zero-order valence-corrected chi connectivity index (χ0v) is 9.43. The number of hydrogen-bond donors (Lipinski definition) is 4. The summed E-state index contributed by atoms with van der Waals surface area (Å²) in [6.07, 6.45) is 0.312. The van der Waals surface area contributed by atoms with E-state index in [4.69, 9.17) is 10.9 Å². The molecule has 1 atom stereocenters. The first-order valence-electron chi connectivity index (χ1n) is 5.09. The van der Waals surface area contributed by atoms with E-state index in [1.54, 1.807) is 24.3 Å². The number of rotatable bonds is 4. The van der Waals surface area contributed by atoms with E-state index in [2.05, 4.69) is 5.32 Å². The van der Waals surface area contributed by atoms with Crippen LogP contribution < -0.4 is 16.5 Å². The van der Waals surface area contributed by atoms with Crippen LogP contribution in [0.25, 0.3) is 0 Å². The van der Waals surface area contributed by atoms with Gasteiger partial charge in [-0.05, 0) is 24.1 Å². The minimum atomic E-state index is -0.799. The van der Waals surface area contributed by atoms with Crippen molar-refractivity contribution in [2.24, 2.45) is 5.73 Å². The van der Waals surface area contributed by atoms with Gasteiger partial charge in [-0.15, -0.1) is 0 Å². The number of hydroxylamine groups is 1. The Kier molecular flexibility index (Phi) is 4.62. The molecule has 92 valence electrons. The Hall–Kier alpha value is -1.92. The van der Waals surface area contributed by atoms with Crippen molar-refractivity contribution in [2.75, 3.05) is 5.32 Å². The topological polar surface area (TPSA) is 104 Å². The molecule has 1 aromatic rings. The molecule has 17 heavy (non-hydrogen) atoms. The van der Waals surface area contributed by atoms with Gasteiger partial charge in [0.2, 0.25) is 5.91 Å². The van der Waals surface area contributed by atoms with Crippen molar-refractivity contribution >= 4 is 17.5 Å². The van der Waals surface area contributed by atoms with Crippen LogP contribution in [0.1, 0.15) is 12.5 Å². The molecule has 6 heteroatoms. The van der Waals surface area contributed by atoms with Crippen LogP contribution in [0.3, 0.4) is 0 Å². The van der Waals surface area contributed by atoms with Gasteiger partial charge in [-0.25, -0.2) is 5.48 Å². The molecule has 0 bridgehead atoms. The molecule has 0 saturated heterocycles. The molecule has 0 saturated carbocycles. The lowest BCUT2D eigenvalue weighted by Gasteiger charge is -2.09. The number of hydrogen-bond acceptors (Lipinski definition) is 4. The summed E-state index contributed by atoms with van der Waals surface area (Å²) in [6.45, 7) is 1.43. The summed E-state index contributed by atoms with van der Waals surface area (Å²) in [6, 6.07) is 6.17. The van der Waals surface area contributed by atoms with E-state index in [-0.39, 0.29) is 5.91 Å². The quantitative estimate of drug-likeness (QED) is 0.437. The maximum atomic E-state index is 11.0. The summed E-state index contributed by atoms with van der Waals surface area (Å²) in [7, 11) is 0. The predicted octanol–water partition coefficient (Wildman–Crippen LogP) is 0.0202. The second-order valence-electron chi connectivity index (χ2n) is 3.66. The van der Waals surface area contributed by atoms with Crippen molar-refractivity contribution in [1.82, 2.24) is 5.48 Å². The normalized spacial score (nSPS) is 11.7. The first kappa shape index (κ1) is 13.1. The molecule has 1 aromatic carbocycles. The van der Waals surface area contributed by atoms with Gasteiger partial charge in [0.1, 0.15) is 0 Å². The molecule has 0 fully saturated rings. The fraction of sp³-hybridized carbons (Fsp3) is 0.273. The van der Waals surface area contributed by atoms with E-state index >= 15 is 0 Å². The van der Waals surface area contributed by atoms with Crippen LogP contribution in [0, 0.1) is 0 Å². The van der Waals surface area contributed by atoms with E-state index in [9.17, 15) is 9.59 Å².